The molecule has 606 valence electrons. The van der Waals surface area contributed by atoms with Gasteiger partial charge < -0.3 is 33.8 Å². The molecule has 0 aromatic rings. The van der Waals surface area contributed by atoms with Crippen LogP contribution in [0.5, 0.6) is 0 Å². The number of esters is 4. The second-order valence-corrected chi connectivity index (χ2v) is 34.0. The molecule has 17 nitrogen and oxygen atoms in total. The largest absolute Gasteiger partial charge is 0.472 e. The van der Waals surface area contributed by atoms with Gasteiger partial charge in [0.25, 0.3) is 0 Å². The van der Waals surface area contributed by atoms with Crippen molar-refractivity contribution < 1.29 is 80.2 Å². The van der Waals surface area contributed by atoms with Crippen molar-refractivity contribution >= 4 is 39.5 Å². The van der Waals surface area contributed by atoms with Gasteiger partial charge in [-0.1, -0.05) is 382 Å². The van der Waals surface area contributed by atoms with Crippen LogP contribution >= 0.6 is 15.6 Å². The fourth-order valence-electron chi connectivity index (χ4n) is 12.8. The molecular weight excluding hydrogens is 1330 g/mol. The number of ether oxygens (including phenoxy) is 4. The molecule has 0 aliphatic heterocycles. The van der Waals surface area contributed by atoms with Gasteiger partial charge in [-0.05, 0) is 43.4 Å². The molecule has 3 unspecified atom stereocenters. The van der Waals surface area contributed by atoms with Crippen LogP contribution < -0.4 is 0 Å². The summed E-state index contributed by atoms with van der Waals surface area (Å²) in [5.41, 5.74) is 0. The van der Waals surface area contributed by atoms with Gasteiger partial charge in [0.1, 0.15) is 19.3 Å². The van der Waals surface area contributed by atoms with Gasteiger partial charge in [0.15, 0.2) is 12.2 Å². The highest BCUT2D eigenvalue weighted by Gasteiger charge is 2.30. The molecule has 0 aliphatic rings. The Bertz CT molecular complexity index is 1980. The van der Waals surface area contributed by atoms with Gasteiger partial charge in [-0.15, -0.1) is 0 Å². The molecule has 6 atom stereocenters. The third-order valence-corrected chi connectivity index (χ3v) is 21.6. The molecule has 0 heterocycles. The summed E-state index contributed by atoms with van der Waals surface area (Å²) in [5, 5.41) is 10.6. The first-order chi connectivity index (χ1) is 49.3. The molecule has 0 saturated heterocycles. The standard InChI is InChI=1S/C83H162O17P2/c1-8-10-11-12-13-14-15-16-17-18-19-20-21-22-23-28-33-38-43-52-59-66-82(87)99-78(70-93-80(85)64-57-50-42-37-32-27-25-24-26-31-36-41-49-56-63-76(7)9-2)72-97-101(89,90)95-68-77(84)69-96-102(91,92)98-73-79(71-94-81(86)65-58-51-46-45-48-55-62-75(5)6)100-83(88)67-60-53-44-39-34-29-30-35-40-47-54-61-74(3)4/h74-79,84H,8-73H2,1-7H3,(H,89,90)(H,91,92)/t76?,77-,78-,79-/m1/s1. The van der Waals surface area contributed by atoms with E-state index >= 15 is 0 Å². The summed E-state index contributed by atoms with van der Waals surface area (Å²) in [4.78, 5) is 73.0. The Hall–Kier alpha value is -1.94. The van der Waals surface area contributed by atoms with E-state index in [0.717, 1.165) is 108 Å². The van der Waals surface area contributed by atoms with Crippen LogP contribution in [0.15, 0.2) is 0 Å². The Balaban J connectivity index is 5.21. The summed E-state index contributed by atoms with van der Waals surface area (Å²) in [6.45, 7) is 11.9. The minimum absolute atomic E-state index is 0.105. The fraction of sp³-hybridized carbons (Fsp3) is 0.952. The van der Waals surface area contributed by atoms with Crippen molar-refractivity contribution in [1.29, 1.82) is 0 Å². The quantitative estimate of drug-likeness (QED) is 0.0222. The number of phosphoric ester groups is 2. The first kappa shape index (κ1) is 100. The van der Waals surface area contributed by atoms with Gasteiger partial charge >= 0.3 is 39.5 Å². The lowest BCUT2D eigenvalue weighted by Crippen LogP contribution is -2.30. The topological polar surface area (TPSA) is 237 Å². The number of aliphatic hydroxyl groups is 1. The van der Waals surface area contributed by atoms with Crippen LogP contribution in [0, 0.1) is 17.8 Å². The molecule has 0 aliphatic carbocycles. The monoisotopic (exact) mass is 1490 g/mol. The van der Waals surface area contributed by atoms with Crippen molar-refractivity contribution in [2.24, 2.45) is 17.8 Å². The van der Waals surface area contributed by atoms with Gasteiger partial charge in [-0.3, -0.25) is 37.3 Å². The number of hydrogen-bond donors (Lipinski definition) is 3. The molecule has 102 heavy (non-hydrogen) atoms. The van der Waals surface area contributed by atoms with Crippen LogP contribution in [0.4, 0.5) is 0 Å². The molecule has 0 rings (SSSR count). The molecule has 3 N–H and O–H groups in total. The van der Waals surface area contributed by atoms with Crippen LogP contribution in [0.25, 0.3) is 0 Å². The molecule has 0 bridgehead atoms. The zero-order chi connectivity index (χ0) is 75.1. The van der Waals surface area contributed by atoms with E-state index in [-0.39, 0.29) is 25.7 Å². The smallest absolute Gasteiger partial charge is 0.462 e. The fourth-order valence-corrected chi connectivity index (χ4v) is 14.4. The zero-order valence-corrected chi connectivity index (χ0v) is 68.9. The Labute approximate surface area is 626 Å². The maximum atomic E-state index is 13.1. The van der Waals surface area contributed by atoms with E-state index in [0.29, 0.717) is 31.6 Å². The van der Waals surface area contributed by atoms with E-state index in [2.05, 4.69) is 48.5 Å². The molecule has 0 aromatic carbocycles. The number of aliphatic hydroxyl groups excluding tert-OH is 1. The summed E-state index contributed by atoms with van der Waals surface area (Å²) in [6.07, 6.45) is 62.7. The van der Waals surface area contributed by atoms with Gasteiger partial charge in [-0.2, -0.15) is 0 Å². The minimum atomic E-state index is -4.96. The molecular formula is C83H162O17P2. The maximum Gasteiger partial charge on any atom is 0.472 e. The lowest BCUT2D eigenvalue weighted by atomic mass is 9.99. The summed E-state index contributed by atoms with van der Waals surface area (Å²) < 4.78 is 68.7. The molecule has 0 spiro atoms. The average molecular weight is 1490 g/mol. The van der Waals surface area contributed by atoms with Crippen LogP contribution in [0.1, 0.15) is 434 Å². The number of carbonyl (C=O) groups is 4. The van der Waals surface area contributed by atoms with E-state index in [1.54, 1.807) is 0 Å². The number of rotatable bonds is 81. The predicted molar refractivity (Wildman–Crippen MR) is 418 cm³/mol. The highest BCUT2D eigenvalue weighted by molar-refractivity contribution is 7.47. The lowest BCUT2D eigenvalue weighted by molar-refractivity contribution is -0.161. The SMILES string of the molecule is CCCCCCCCCCCCCCCCCCCCCCCC(=O)O[C@H](COC(=O)CCCCCCCCCCCCCCCCC(C)CC)COP(=O)(O)OC[C@@H](O)COP(=O)(O)OC[C@@H](COC(=O)CCCCCCCCC(C)C)OC(=O)CCCCCCCCCCCCCC(C)C. The molecule has 0 amide bonds. The molecule has 0 saturated carbocycles. The number of carbonyl (C=O) groups excluding carboxylic acids is 4. The Kier molecular flexibility index (Phi) is 71.8. The zero-order valence-electron chi connectivity index (χ0n) is 67.1. The molecule has 0 fully saturated rings. The highest BCUT2D eigenvalue weighted by Crippen LogP contribution is 2.45. The number of hydrogen-bond acceptors (Lipinski definition) is 15. The Morgan fingerprint density at radius 2 is 0.500 bits per heavy atom. The maximum absolute atomic E-state index is 13.1. The van der Waals surface area contributed by atoms with E-state index < -0.39 is 97.5 Å². The molecule has 0 radical (unpaired) electrons. The second-order valence-electron chi connectivity index (χ2n) is 31.1. The Morgan fingerprint density at radius 3 is 0.745 bits per heavy atom. The van der Waals surface area contributed by atoms with Crippen LogP contribution in [0.3, 0.4) is 0 Å². The third kappa shape index (κ3) is 74.9. The Morgan fingerprint density at radius 1 is 0.284 bits per heavy atom. The van der Waals surface area contributed by atoms with Crippen LogP contribution in [0.2, 0.25) is 0 Å². The van der Waals surface area contributed by atoms with Crippen molar-refractivity contribution in [1.82, 2.24) is 0 Å². The second kappa shape index (κ2) is 73.2. The number of phosphoric acid groups is 2. The van der Waals surface area contributed by atoms with E-state index in [9.17, 15) is 43.2 Å². The van der Waals surface area contributed by atoms with Gasteiger partial charge in [-0.25, -0.2) is 9.13 Å². The van der Waals surface area contributed by atoms with Gasteiger partial charge in [0.2, 0.25) is 0 Å². The lowest BCUT2D eigenvalue weighted by Gasteiger charge is -2.21. The minimum Gasteiger partial charge on any atom is -0.462 e. The van der Waals surface area contributed by atoms with E-state index in [4.69, 9.17) is 37.0 Å². The molecule has 19 heteroatoms. The van der Waals surface area contributed by atoms with E-state index in [1.165, 1.54) is 238 Å². The van der Waals surface area contributed by atoms with Crippen molar-refractivity contribution in [2.45, 2.75) is 452 Å². The number of unbranched alkanes of at least 4 members (excludes halogenated alkanes) is 48. The predicted octanol–water partition coefficient (Wildman–Crippen LogP) is 24.9. The van der Waals surface area contributed by atoms with Crippen molar-refractivity contribution in [3.8, 4) is 0 Å². The summed E-state index contributed by atoms with van der Waals surface area (Å²) in [7, 11) is -9.92. The summed E-state index contributed by atoms with van der Waals surface area (Å²) >= 11 is 0. The van der Waals surface area contributed by atoms with Crippen molar-refractivity contribution in [2.75, 3.05) is 39.6 Å². The van der Waals surface area contributed by atoms with Gasteiger partial charge in [0, 0.05) is 25.7 Å². The third-order valence-electron chi connectivity index (χ3n) is 19.7. The highest BCUT2D eigenvalue weighted by atomic mass is 31.2. The van der Waals surface area contributed by atoms with Crippen LogP contribution in [-0.2, 0) is 65.4 Å². The normalized spacial score (nSPS) is 14.2. The van der Waals surface area contributed by atoms with Crippen molar-refractivity contribution in [3.63, 3.8) is 0 Å². The van der Waals surface area contributed by atoms with Gasteiger partial charge in [0.05, 0.1) is 26.4 Å². The van der Waals surface area contributed by atoms with Crippen molar-refractivity contribution in [3.05, 3.63) is 0 Å². The first-order valence-corrected chi connectivity index (χ1v) is 45.9. The summed E-state index contributed by atoms with van der Waals surface area (Å²) in [5.74, 6) is 0.183. The first-order valence-electron chi connectivity index (χ1n) is 42.9. The molecule has 0 aromatic heterocycles. The van der Waals surface area contributed by atoms with E-state index in [1.807, 2.05) is 0 Å². The summed E-state index contributed by atoms with van der Waals surface area (Å²) in [6, 6.07) is 0. The average Bonchev–Trinajstić information content (AvgIpc) is 0.909. The van der Waals surface area contributed by atoms with Crippen LogP contribution in [-0.4, -0.2) is 96.7 Å².